The average Bonchev–Trinajstić information content (AvgIpc) is 3.01. The molecule has 0 aliphatic heterocycles. The largest absolute Gasteiger partial charge is 0.481 e. The summed E-state index contributed by atoms with van der Waals surface area (Å²) >= 11 is 1.53. The third-order valence-corrected chi connectivity index (χ3v) is 5.07. The summed E-state index contributed by atoms with van der Waals surface area (Å²) < 4.78 is 0. The van der Waals surface area contributed by atoms with E-state index in [9.17, 15) is 9.59 Å². The number of aromatic amines is 1. The molecule has 0 amide bonds. The molecule has 2 aromatic rings. The Morgan fingerprint density at radius 2 is 2.24 bits per heavy atom. The van der Waals surface area contributed by atoms with E-state index < -0.39 is 5.97 Å². The Labute approximate surface area is 126 Å². The first kappa shape index (κ1) is 14.3. The van der Waals surface area contributed by atoms with Crippen molar-refractivity contribution < 1.29 is 9.90 Å². The topological polar surface area (TPSA) is 83.0 Å². The van der Waals surface area contributed by atoms with Crippen LogP contribution in [0.3, 0.4) is 0 Å². The van der Waals surface area contributed by atoms with Gasteiger partial charge in [0.25, 0.3) is 5.56 Å². The number of carbonyl (C=O) groups is 1. The summed E-state index contributed by atoms with van der Waals surface area (Å²) in [6.07, 6.45) is 4.36. The fraction of sp³-hybridized carbons (Fsp3) is 0.533. The lowest BCUT2D eigenvalue weighted by molar-refractivity contribution is -0.137. The lowest BCUT2D eigenvalue weighted by Gasteiger charge is -2.06. The molecule has 6 heteroatoms. The lowest BCUT2D eigenvalue weighted by atomic mass is 9.99. The van der Waals surface area contributed by atoms with E-state index in [1.807, 2.05) is 0 Å². The summed E-state index contributed by atoms with van der Waals surface area (Å²) in [5, 5.41) is 11.4. The minimum Gasteiger partial charge on any atom is -0.481 e. The van der Waals surface area contributed by atoms with Crippen LogP contribution in [0.15, 0.2) is 10.2 Å². The van der Waals surface area contributed by atoms with Crippen LogP contribution < -0.4 is 5.56 Å². The summed E-state index contributed by atoms with van der Waals surface area (Å²) in [5.74, 6) is -0.125. The molecule has 112 valence electrons. The maximum atomic E-state index is 12.3. The number of nitrogens with one attached hydrogen (secondary N) is 1. The van der Waals surface area contributed by atoms with Gasteiger partial charge in [-0.2, -0.15) is 0 Å². The van der Waals surface area contributed by atoms with E-state index in [-0.39, 0.29) is 17.4 Å². The highest BCUT2D eigenvalue weighted by atomic mass is 32.1. The van der Waals surface area contributed by atoms with Crippen LogP contribution >= 0.6 is 11.3 Å². The number of carboxylic acids is 1. The van der Waals surface area contributed by atoms with Crippen molar-refractivity contribution in [2.24, 2.45) is 0 Å². The molecule has 5 nitrogen and oxygen atoms in total. The standard InChI is InChI=1S/C15H18N2O3S/c1-15(6-7-15)9-8-21-14-12(9)13(20)16-10(17-14)4-2-3-5-11(18)19/h8H,2-7H2,1H3,(H,18,19)(H,16,17,20). The number of hydrogen-bond donors (Lipinski definition) is 2. The van der Waals surface area contributed by atoms with E-state index in [2.05, 4.69) is 22.3 Å². The van der Waals surface area contributed by atoms with Gasteiger partial charge in [-0.3, -0.25) is 9.59 Å². The van der Waals surface area contributed by atoms with E-state index in [0.717, 1.165) is 35.0 Å². The van der Waals surface area contributed by atoms with E-state index >= 15 is 0 Å². The van der Waals surface area contributed by atoms with Crippen LogP contribution in [0.2, 0.25) is 0 Å². The Kier molecular flexibility index (Phi) is 3.57. The predicted octanol–water partition coefficient (Wildman–Crippen LogP) is 2.83. The van der Waals surface area contributed by atoms with E-state index in [1.54, 1.807) is 0 Å². The number of aliphatic carboxylic acids is 1. The number of hydrogen-bond acceptors (Lipinski definition) is 4. The summed E-state index contributed by atoms with van der Waals surface area (Å²) in [4.78, 5) is 31.0. The molecule has 1 saturated carbocycles. The van der Waals surface area contributed by atoms with Crippen LogP contribution in [0.25, 0.3) is 10.2 Å². The van der Waals surface area contributed by atoms with Crippen molar-refractivity contribution in [2.75, 3.05) is 0 Å². The molecular weight excluding hydrogens is 288 g/mol. The molecule has 1 aliphatic rings. The second-order valence-electron chi connectivity index (χ2n) is 6.00. The first-order valence-corrected chi connectivity index (χ1v) is 8.10. The molecule has 2 aromatic heterocycles. The number of fused-ring (bicyclic) bond motifs is 1. The van der Waals surface area contributed by atoms with Gasteiger partial charge in [0, 0.05) is 12.8 Å². The maximum Gasteiger partial charge on any atom is 0.303 e. The first-order chi connectivity index (χ1) is 9.99. The Balaban J connectivity index is 1.80. The van der Waals surface area contributed by atoms with Crippen LogP contribution in [-0.2, 0) is 16.6 Å². The Morgan fingerprint density at radius 1 is 1.48 bits per heavy atom. The normalized spacial score (nSPS) is 16.2. The summed E-state index contributed by atoms with van der Waals surface area (Å²) in [7, 11) is 0. The molecule has 3 rings (SSSR count). The first-order valence-electron chi connectivity index (χ1n) is 7.22. The smallest absolute Gasteiger partial charge is 0.303 e. The zero-order valence-corrected chi connectivity index (χ0v) is 12.8. The van der Waals surface area contributed by atoms with Crippen molar-refractivity contribution in [2.45, 2.75) is 50.9 Å². The quantitative estimate of drug-likeness (QED) is 0.804. The van der Waals surface area contributed by atoms with E-state index in [4.69, 9.17) is 5.11 Å². The second kappa shape index (κ2) is 5.26. The zero-order chi connectivity index (χ0) is 15.0. The van der Waals surface area contributed by atoms with Gasteiger partial charge < -0.3 is 10.1 Å². The summed E-state index contributed by atoms with van der Waals surface area (Å²) in [6, 6.07) is 0. The average molecular weight is 306 g/mol. The predicted molar refractivity (Wildman–Crippen MR) is 82.0 cm³/mol. The number of rotatable bonds is 6. The van der Waals surface area contributed by atoms with E-state index in [0.29, 0.717) is 18.7 Å². The van der Waals surface area contributed by atoms with Crippen molar-refractivity contribution in [1.82, 2.24) is 9.97 Å². The molecule has 2 N–H and O–H groups in total. The van der Waals surface area contributed by atoms with Gasteiger partial charge in [-0.25, -0.2) is 4.98 Å². The van der Waals surface area contributed by atoms with Gasteiger partial charge in [0.1, 0.15) is 10.7 Å². The number of H-pyrrole nitrogens is 1. The third-order valence-electron chi connectivity index (χ3n) is 4.20. The van der Waals surface area contributed by atoms with E-state index in [1.165, 1.54) is 11.3 Å². The van der Waals surface area contributed by atoms with Crippen LogP contribution in [0.1, 0.15) is 50.4 Å². The third kappa shape index (κ3) is 2.85. The lowest BCUT2D eigenvalue weighted by Crippen LogP contribution is -2.14. The van der Waals surface area contributed by atoms with Crippen molar-refractivity contribution in [1.29, 1.82) is 0 Å². The van der Waals surface area contributed by atoms with Crippen molar-refractivity contribution in [3.63, 3.8) is 0 Å². The van der Waals surface area contributed by atoms with Crippen LogP contribution in [0.5, 0.6) is 0 Å². The highest BCUT2D eigenvalue weighted by Gasteiger charge is 2.41. The number of aromatic nitrogens is 2. The molecule has 0 saturated heterocycles. The molecule has 1 aliphatic carbocycles. The molecule has 2 heterocycles. The molecule has 0 radical (unpaired) electrons. The van der Waals surface area contributed by atoms with Gasteiger partial charge in [-0.15, -0.1) is 11.3 Å². The van der Waals surface area contributed by atoms with Crippen LogP contribution in [0.4, 0.5) is 0 Å². The van der Waals surface area contributed by atoms with Gasteiger partial charge in [-0.05, 0) is 42.0 Å². The molecule has 0 atom stereocenters. The van der Waals surface area contributed by atoms with Crippen molar-refractivity contribution in [3.05, 3.63) is 27.1 Å². The van der Waals surface area contributed by atoms with Gasteiger partial charge in [0.2, 0.25) is 0 Å². The molecular formula is C15H18N2O3S. The van der Waals surface area contributed by atoms with Crippen LogP contribution in [0, 0.1) is 0 Å². The van der Waals surface area contributed by atoms with Crippen molar-refractivity contribution >= 4 is 27.5 Å². The van der Waals surface area contributed by atoms with Crippen molar-refractivity contribution in [3.8, 4) is 0 Å². The SMILES string of the molecule is CC1(c2csc3nc(CCCCC(=O)O)[nH]c(=O)c23)CC1. The Hall–Kier alpha value is -1.69. The minimum atomic E-state index is -0.785. The number of aryl methyl sites for hydroxylation is 1. The minimum absolute atomic E-state index is 0.0578. The number of nitrogens with zero attached hydrogens (tertiary/aromatic N) is 1. The second-order valence-corrected chi connectivity index (χ2v) is 6.86. The van der Waals surface area contributed by atoms with Gasteiger partial charge >= 0.3 is 5.97 Å². The molecule has 0 spiro atoms. The number of thiophene rings is 1. The molecule has 1 fully saturated rings. The van der Waals surface area contributed by atoms with Gasteiger partial charge in [-0.1, -0.05) is 6.92 Å². The Bertz CT molecular complexity index is 743. The Morgan fingerprint density at radius 3 is 2.90 bits per heavy atom. The highest BCUT2D eigenvalue weighted by molar-refractivity contribution is 7.16. The molecule has 0 bridgehead atoms. The van der Waals surface area contributed by atoms with Gasteiger partial charge in [0.05, 0.1) is 5.39 Å². The fourth-order valence-electron chi connectivity index (χ4n) is 2.58. The van der Waals surface area contributed by atoms with Gasteiger partial charge in [0.15, 0.2) is 0 Å². The monoisotopic (exact) mass is 306 g/mol. The van der Waals surface area contributed by atoms with Crippen LogP contribution in [-0.4, -0.2) is 21.0 Å². The highest BCUT2D eigenvalue weighted by Crippen LogP contribution is 2.50. The zero-order valence-electron chi connectivity index (χ0n) is 11.9. The number of unbranched alkanes of at least 4 members (excludes halogenated alkanes) is 1. The maximum absolute atomic E-state index is 12.3. The summed E-state index contributed by atoms with van der Waals surface area (Å²) in [6.45, 7) is 2.19. The molecule has 0 unspecified atom stereocenters. The molecule has 21 heavy (non-hydrogen) atoms. The number of carboxylic acid groups (broad SMARTS) is 1. The fourth-order valence-corrected chi connectivity index (χ4v) is 3.70. The summed E-state index contributed by atoms with van der Waals surface area (Å²) in [5.41, 5.74) is 1.24. The molecule has 0 aromatic carbocycles.